The van der Waals surface area contributed by atoms with Gasteiger partial charge in [0, 0.05) is 36.7 Å². The topological polar surface area (TPSA) is 49.8 Å². The number of Topliss-reactive ketones (excluding diaryl/α,β-unsaturated/α-hetero) is 1. The summed E-state index contributed by atoms with van der Waals surface area (Å²) in [5.41, 5.74) is -1.33. The molecule has 2 aromatic carbocycles. The Morgan fingerprint density at radius 3 is 2.13 bits per heavy atom. The van der Waals surface area contributed by atoms with Crippen LogP contribution in [-0.2, 0) is 21.9 Å². The summed E-state index contributed by atoms with van der Waals surface area (Å²) in [5.74, 6) is -1.25. The average Bonchev–Trinajstić information content (AvgIpc) is 3.39. The van der Waals surface area contributed by atoms with E-state index >= 15 is 0 Å². The van der Waals surface area contributed by atoms with Crippen LogP contribution in [0.25, 0.3) is 0 Å². The van der Waals surface area contributed by atoms with Crippen molar-refractivity contribution >= 4 is 5.78 Å². The minimum atomic E-state index is -4.99. The molecule has 0 aromatic heterocycles. The number of carbonyl (C=O) groups excluding carboxylic acids is 1. The van der Waals surface area contributed by atoms with Crippen LogP contribution < -0.4 is 0 Å². The Morgan fingerprint density at radius 2 is 1.59 bits per heavy atom. The maximum absolute atomic E-state index is 13.6. The number of hydrogen-bond donors (Lipinski definition) is 1. The quantitative estimate of drug-likeness (QED) is 0.380. The molecular weight excluding hydrogens is 531 g/mol. The molecular formula is C28H28F7NO3. The lowest BCUT2D eigenvalue weighted by molar-refractivity contribution is -0.143. The molecule has 4 unspecified atom stereocenters. The highest BCUT2D eigenvalue weighted by molar-refractivity contribution is 6.02. The Balaban J connectivity index is 1.68. The largest absolute Gasteiger partial charge is 0.416 e. The van der Waals surface area contributed by atoms with Gasteiger partial charge in [0.05, 0.1) is 23.3 Å². The molecule has 1 saturated heterocycles. The molecule has 1 fully saturated rings. The third-order valence-corrected chi connectivity index (χ3v) is 7.24. The summed E-state index contributed by atoms with van der Waals surface area (Å²) in [6.45, 7) is 3.76. The van der Waals surface area contributed by atoms with Crippen LogP contribution in [0.2, 0.25) is 0 Å². The molecule has 0 saturated carbocycles. The number of halogens is 7. The summed E-state index contributed by atoms with van der Waals surface area (Å²) >= 11 is 0. The van der Waals surface area contributed by atoms with E-state index in [0.29, 0.717) is 48.4 Å². The zero-order chi connectivity index (χ0) is 28.7. The van der Waals surface area contributed by atoms with Gasteiger partial charge >= 0.3 is 12.4 Å². The van der Waals surface area contributed by atoms with E-state index < -0.39 is 53.5 Å². The van der Waals surface area contributed by atoms with Crippen LogP contribution in [0.4, 0.5) is 30.7 Å². The molecule has 0 radical (unpaired) electrons. The van der Waals surface area contributed by atoms with Crippen molar-refractivity contribution in [1.29, 1.82) is 0 Å². The predicted molar refractivity (Wildman–Crippen MR) is 128 cm³/mol. The number of aliphatic hydroxyl groups excluding tert-OH is 1. The fraction of sp³-hybridized carbons (Fsp3) is 0.464. The summed E-state index contributed by atoms with van der Waals surface area (Å²) in [4.78, 5) is 14.4. The summed E-state index contributed by atoms with van der Waals surface area (Å²) in [6, 6.07) is 6.97. The van der Waals surface area contributed by atoms with Crippen molar-refractivity contribution in [3.63, 3.8) is 0 Å². The number of carbonyl (C=O) groups is 1. The Kier molecular flexibility index (Phi) is 8.14. The first-order valence-electron chi connectivity index (χ1n) is 12.6. The first-order valence-corrected chi connectivity index (χ1v) is 12.6. The van der Waals surface area contributed by atoms with Crippen molar-refractivity contribution in [2.24, 2.45) is 0 Å². The fourth-order valence-electron chi connectivity index (χ4n) is 5.30. The van der Waals surface area contributed by atoms with Crippen LogP contribution in [0, 0.1) is 5.82 Å². The van der Waals surface area contributed by atoms with Crippen LogP contribution in [0.5, 0.6) is 0 Å². The molecule has 212 valence electrons. The average molecular weight is 560 g/mol. The monoisotopic (exact) mass is 559 g/mol. The third-order valence-electron chi connectivity index (χ3n) is 7.24. The van der Waals surface area contributed by atoms with E-state index in [4.69, 9.17) is 4.74 Å². The van der Waals surface area contributed by atoms with E-state index in [9.17, 15) is 40.6 Å². The van der Waals surface area contributed by atoms with Gasteiger partial charge in [-0.15, -0.1) is 0 Å². The number of aliphatic hydroxyl groups is 1. The lowest BCUT2D eigenvalue weighted by Crippen LogP contribution is -2.25. The first kappa shape index (κ1) is 29.1. The Bertz CT molecular complexity index is 1200. The van der Waals surface area contributed by atoms with E-state index in [-0.39, 0.29) is 30.4 Å². The highest BCUT2D eigenvalue weighted by atomic mass is 19.4. The second kappa shape index (κ2) is 10.9. The number of rotatable bonds is 7. The summed E-state index contributed by atoms with van der Waals surface area (Å²) in [5, 5.41) is 10.2. The third kappa shape index (κ3) is 6.30. The summed E-state index contributed by atoms with van der Waals surface area (Å²) in [7, 11) is 0. The second-order valence-corrected chi connectivity index (χ2v) is 9.98. The van der Waals surface area contributed by atoms with Gasteiger partial charge in [0.15, 0.2) is 5.78 Å². The molecule has 39 heavy (non-hydrogen) atoms. The lowest BCUT2D eigenvalue weighted by Gasteiger charge is -2.25. The minimum absolute atomic E-state index is 0.0684. The van der Waals surface area contributed by atoms with Gasteiger partial charge in [0.2, 0.25) is 0 Å². The van der Waals surface area contributed by atoms with Crippen molar-refractivity contribution in [1.82, 2.24) is 4.90 Å². The Morgan fingerprint density at radius 1 is 1.00 bits per heavy atom. The first-order chi connectivity index (χ1) is 18.2. The summed E-state index contributed by atoms with van der Waals surface area (Å²) in [6.07, 6.45) is -11.8. The predicted octanol–water partition coefficient (Wildman–Crippen LogP) is 6.80. The van der Waals surface area contributed by atoms with E-state index in [1.165, 1.54) is 19.1 Å². The minimum Gasteiger partial charge on any atom is -0.385 e. The van der Waals surface area contributed by atoms with Crippen LogP contribution in [-0.4, -0.2) is 41.1 Å². The molecule has 1 N–H and O–H groups in total. The van der Waals surface area contributed by atoms with Gasteiger partial charge in [-0.3, -0.25) is 4.79 Å². The van der Waals surface area contributed by atoms with E-state index in [1.807, 2.05) is 11.8 Å². The lowest BCUT2D eigenvalue weighted by atomic mass is 9.95. The second-order valence-electron chi connectivity index (χ2n) is 9.98. The van der Waals surface area contributed by atoms with Gasteiger partial charge < -0.3 is 14.7 Å². The standard InChI is InChI=1S/C28H28F7NO3/c1-3-4-21-23(12-24(37)26(21)38)36-13-22(16-5-7-20(29)8-6-16)25(14-36)39-15(2)17-9-18(27(30,31)32)11-19(10-17)28(33,34)35/h5-11,15,22,24-25,37H,3-4,12-14H2,1-2H3. The molecule has 1 heterocycles. The molecule has 11 heteroatoms. The van der Waals surface area contributed by atoms with Crippen LogP contribution in [0.1, 0.15) is 67.4 Å². The van der Waals surface area contributed by atoms with Gasteiger partial charge in [0.1, 0.15) is 11.9 Å². The SMILES string of the molecule is CCCC1=C(N2CC(OC(C)c3cc(C(F)(F)F)cc(C(F)(F)F)c3)C(c3ccc(F)cc3)C2)CC(O)C1=O. The molecule has 0 spiro atoms. The molecule has 1 aliphatic carbocycles. The summed E-state index contributed by atoms with van der Waals surface area (Å²) < 4.78 is 100. The van der Waals surface area contributed by atoms with Crippen molar-refractivity contribution in [2.45, 2.75) is 69.7 Å². The molecule has 4 nitrogen and oxygen atoms in total. The van der Waals surface area contributed by atoms with Crippen molar-refractivity contribution in [3.05, 3.63) is 81.8 Å². The van der Waals surface area contributed by atoms with Crippen molar-refractivity contribution < 1.29 is 45.4 Å². The van der Waals surface area contributed by atoms with Gasteiger partial charge in [-0.1, -0.05) is 25.5 Å². The number of hydrogen-bond acceptors (Lipinski definition) is 4. The van der Waals surface area contributed by atoms with Gasteiger partial charge in [-0.2, -0.15) is 26.3 Å². The number of likely N-dealkylation sites (tertiary alicyclic amines) is 1. The van der Waals surface area contributed by atoms with Crippen LogP contribution in [0.15, 0.2) is 53.7 Å². The highest BCUT2D eigenvalue weighted by Crippen LogP contribution is 2.41. The van der Waals surface area contributed by atoms with Gasteiger partial charge in [-0.05, 0) is 54.8 Å². The normalized spacial score (nSPS) is 23.2. The van der Waals surface area contributed by atoms with Crippen molar-refractivity contribution in [3.8, 4) is 0 Å². The van der Waals surface area contributed by atoms with Crippen LogP contribution in [0.3, 0.4) is 0 Å². The van der Waals surface area contributed by atoms with E-state index in [0.717, 1.165) is 0 Å². The van der Waals surface area contributed by atoms with Crippen LogP contribution >= 0.6 is 0 Å². The molecule has 1 aliphatic heterocycles. The molecule has 4 atom stereocenters. The maximum Gasteiger partial charge on any atom is 0.416 e. The maximum atomic E-state index is 13.6. The van der Waals surface area contributed by atoms with E-state index in [1.54, 1.807) is 12.1 Å². The number of nitrogens with zero attached hydrogens (tertiary/aromatic N) is 1. The number of ether oxygens (including phenoxy) is 1. The van der Waals surface area contributed by atoms with Gasteiger partial charge in [0.25, 0.3) is 0 Å². The zero-order valence-corrected chi connectivity index (χ0v) is 21.2. The van der Waals surface area contributed by atoms with Gasteiger partial charge in [-0.25, -0.2) is 4.39 Å². The molecule has 2 aliphatic rings. The number of ketones is 1. The number of benzene rings is 2. The molecule has 4 rings (SSSR count). The highest BCUT2D eigenvalue weighted by Gasteiger charge is 2.42. The Labute approximate surface area is 221 Å². The molecule has 2 aromatic rings. The Hall–Kier alpha value is -2.92. The molecule has 0 bridgehead atoms. The fourth-order valence-corrected chi connectivity index (χ4v) is 5.30. The smallest absolute Gasteiger partial charge is 0.385 e. The van der Waals surface area contributed by atoms with Crippen molar-refractivity contribution in [2.75, 3.05) is 13.1 Å². The van der Waals surface area contributed by atoms with E-state index in [2.05, 4.69) is 0 Å². The zero-order valence-electron chi connectivity index (χ0n) is 21.2. The number of alkyl halides is 6. The molecule has 0 amide bonds.